The molecule has 0 saturated heterocycles. The first-order valence-corrected chi connectivity index (χ1v) is 11.8. The van der Waals surface area contributed by atoms with Gasteiger partial charge >= 0.3 is 5.69 Å². The third kappa shape index (κ3) is 5.02. The van der Waals surface area contributed by atoms with E-state index >= 15 is 0 Å². The van der Waals surface area contributed by atoms with Crippen molar-refractivity contribution in [3.63, 3.8) is 0 Å². The van der Waals surface area contributed by atoms with Crippen molar-refractivity contribution in [2.45, 2.75) is 52.6 Å². The highest BCUT2D eigenvalue weighted by Gasteiger charge is 2.31. The van der Waals surface area contributed by atoms with Gasteiger partial charge in [-0.2, -0.15) is 5.10 Å². The SMILES string of the molecule is CCN(CCNC(=O)C1CCCn2c1nn(Cc1cc(C)ccc1C)c2=O)c1ccccc1. The Kier molecular flexibility index (Phi) is 6.96. The number of aryl methyl sites for hydroxylation is 2. The molecule has 1 unspecified atom stereocenters. The summed E-state index contributed by atoms with van der Waals surface area (Å²) in [6, 6.07) is 16.4. The molecule has 1 atom stereocenters. The Morgan fingerprint density at radius 2 is 1.97 bits per heavy atom. The minimum absolute atomic E-state index is 0.0519. The highest BCUT2D eigenvalue weighted by atomic mass is 16.2. The zero-order valence-electron chi connectivity index (χ0n) is 19.8. The number of amides is 1. The quantitative estimate of drug-likeness (QED) is 0.576. The van der Waals surface area contributed by atoms with Gasteiger partial charge in [0, 0.05) is 31.9 Å². The predicted octanol–water partition coefficient (Wildman–Crippen LogP) is 3.23. The highest BCUT2D eigenvalue weighted by molar-refractivity contribution is 5.82. The second kappa shape index (κ2) is 10.1. The van der Waals surface area contributed by atoms with Gasteiger partial charge in [-0.05, 0) is 56.9 Å². The molecule has 0 bridgehead atoms. The number of carbonyl (C=O) groups excluding carboxylic acids is 1. The van der Waals surface area contributed by atoms with Gasteiger partial charge in [0.25, 0.3) is 0 Å². The number of benzene rings is 2. The second-order valence-electron chi connectivity index (χ2n) is 8.78. The van der Waals surface area contributed by atoms with Crippen molar-refractivity contribution < 1.29 is 4.79 Å². The van der Waals surface area contributed by atoms with Crippen LogP contribution >= 0.6 is 0 Å². The van der Waals surface area contributed by atoms with Crippen LogP contribution in [0.3, 0.4) is 0 Å². The molecular weight excluding hydrogens is 414 g/mol. The summed E-state index contributed by atoms with van der Waals surface area (Å²) in [5.41, 5.74) is 4.37. The molecule has 7 heteroatoms. The number of anilines is 1. The van der Waals surface area contributed by atoms with E-state index in [2.05, 4.69) is 52.6 Å². The van der Waals surface area contributed by atoms with Crippen LogP contribution in [0.15, 0.2) is 53.3 Å². The predicted molar refractivity (Wildman–Crippen MR) is 131 cm³/mol. The van der Waals surface area contributed by atoms with Gasteiger partial charge in [0.15, 0.2) is 0 Å². The molecule has 0 radical (unpaired) electrons. The monoisotopic (exact) mass is 447 g/mol. The molecule has 1 aliphatic heterocycles. The maximum atomic E-state index is 13.1. The third-order valence-electron chi connectivity index (χ3n) is 6.46. The molecule has 0 fully saturated rings. The number of hydrogen-bond acceptors (Lipinski definition) is 4. The molecule has 2 aromatic carbocycles. The van der Waals surface area contributed by atoms with Gasteiger partial charge in [-0.15, -0.1) is 0 Å². The molecule has 0 saturated carbocycles. The van der Waals surface area contributed by atoms with Crippen LogP contribution in [0, 0.1) is 13.8 Å². The van der Waals surface area contributed by atoms with Crippen molar-refractivity contribution in [3.8, 4) is 0 Å². The van der Waals surface area contributed by atoms with E-state index in [1.54, 1.807) is 4.57 Å². The molecule has 33 heavy (non-hydrogen) atoms. The number of likely N-dealkylation sites (N-methyl/N-ethyl adjacent to an activating group) is 1. The molecule has 1 N–H and O–H groups in total. The van der Waals surface area contributed by atoms with Gasteiger partial charge in [0.1, 0.15) is 5.82 Å². The number of carbonyl (C=O) groups is 1. The summed E-state index contributed by atoms with van der Waals surface area (Å²) in [4.78, 5) is 28.3. The lowest BCUT2D eigenvalue weighted by Gasteiger charge is -2.25. The normalized spacial score (nSPS) is 15.2. The first kappa shape index (κ1) is 22.8. The molecule has 174 valence electrons. The number of aromatic nitrogens is 3. The second-order valence-corrected chi connectivity index (χ2v) is 8.78. The van der Waals surface area contributed by atoms with Gasteiger partial charge in [-0.1, -0.05) is 42.0 Å². The summed E-state index contributed by atoms with van der Waals surface area (Å²) >= 11 is 0. The van der Waals surface area contributed by atoms with Crippen molar-refractivity contribution in [2.75, 3.05) is 24.5 Å². The number of para-hydroxylation sites is 1. The highest BCUT2D eigenvalue weighted by Crippen LogP contribution is 2.25. The fourth-order valence-corrected chi connectivity index (χ4v) is 4.54. The van der Waals surface area contributed by atoms with Gasteiger partial charge < -0.3 is 10.2 Å². The van der Waals surface area contributed by atoms with E-state index in [9.17, 15) is 9.59 Å². The summed E-state index contributed by atoms with van der Waals surface area (Å²) in [6.45, 7) is 9.37. The Bertz CT molecular complexity index is 1170. The first-order valence-electron chi connectivity index (χ1n) is 11.8. The summed E-state index contributed by atoms with van der Waals surface area (Å²) in [5.74, 6) is 0.145. The lowest BCUT2D eigenvalue weighted by molar-refractivity contribution is -0.123. The fourth-order valence-electron chi connectivity index (χ4n) is 4.54. The molecule has 1 amide bonds. The molecule has 1 aromatic heterocycles. The summed E-state index contributed by atoms with van der Waals surface area (Å²) < 4.78 is 3.19. The Morgan fingerprint density at radius 1 is 1.18 bits per heavy atom. The minimum Gasteiger partial charge on any atom is -0.370 e. The van der Waals surface area contributed by atoms with Crippen LogP contribution < -0.4 is 15.9 Å². The number of rotatable bonds is 8. The van der Waals surface area contributed by atoms with Crippen molar-refractivity contribution in [1.82, 2.24) is 19.7 Å². The molecule has 3 aromatic rings. The first-order chi connectivity index (χ1) is 16.0. The average Bonchev–Trinajstić information content (AvgIpc) is 3.15. The minimum atomic E-state index is -0.391. The summed E-state index contributed by atoms with van der Waals surface area (Å²) in [6.07, 6.45) is 1.51. The van der Waals surface area contributed by atoms with Crippen LogP contribution in [0.25, 0.3) is 0 Å². The Morgan fingerprint density at radius 3 is 2.73 bits per heavy atom. The van der Waals surface area contributed by atoms with Crippen LogP contribution in [0.2, 0.25) is 0 Å². The maximum Gasteiger partial charge on any atom is 0.346 e. The van der Waals surface area contributed by atoms with Gasteiger partial charge in [0.05, 0.1) is 12.5 Å². The molecule has 4 rings (SSSR count). The van der Waals surface area contributed by atoms with Crippen LogP contribution in [0.5, 0.6) is 0 Å². The lowest BCUT2D eigenvalue weighted by atomic mass is 9.98. The zero-order valence-corrected chi connectivity index (χ0v) is 19.8. The molecule has 2 heterocycles. The molecule has 0 aliphatic carbocycles. The number of fused-ring (bicyclic) bond motifs is 1. The van der Waals surface area contributed by atoms with Crippen molar-refractivity contribution in [3.05, 3.63) is 81.5 Å². The molecule has 1 aliphatic rings. The third-order valence-corrected chi connectivity index (χ3v) is 6.46. The van der Waals surface area contributed by atoms with E-state index in [-0.39, 0.29) is 11.6 Å². The number of nitrogens with one attached hydrogen (secondary N) is 1. The largest absolute Gasteiger partial charge is 0.370 e. The van der Waals surface area contributed by atoms with Gasteiger partial charge in [-0.3, -0.25) is 9.36 Å². The van der Waals surface area contributed by atoms with E-state index in [1.807, 2.05) is 32.0 Å². The summed E-state index contributed by atoms with van der Waals surface area (Å²) in [5, 5.41) is 7.70. The van der Waals surface area contributed by atoms with Crippen molar-refractivity contribution in [2.24, 2.45) is 0 Å². The zero-order chi connectivity index (χ0) is 23.4. The maximum absolute atomic E-state index is 13.1. The van der Waals surface area contributed by atoms with Crippen LogP contribution in [0.1, 0.15) is 48.2 Å². The Balaban J connectivity index is 1.45. The smallest absolute Gasteiger partial charge is 0.346 e. The standard InChI is InChI=1S/C26H33N5O2/c1-4-29(22-9-6-5-7-10-22)16-14-27-25(32)23-11-8-15-30-24(23)28-31(26(30)33)18-21-17-19(2)12-13-20(21)3/h5-7,9-10,12-13,17,23H,4,8,11,14-16,18H2,1-3H3,(H,27,32). The average molecular weight is 448 g/mol. The van der Waals surface area contributed by atoms with E-state index in [1.165, 1.54) is 4.68 Å². The summed E-state index contributed by atoms with van der Waals surface area (Å²) in [7, 11) is 0. The molecule has 7 nitrogen and oxygen atoms in total. The Labute approximate surface area is 195 Å². The molecule has 0 spiro atoms. The molecular formula is C26H33N5O2. The van der Waals surface area contributed by atoms with Gasteiger partial charge in [-0.25, -0.2) is 9.48 Å². The topological polar surface area (TPSA) is 72.2 Å². The van der Waals surface area contributed by atoms with Crippen molar-refractivity contribution >= 4 is 11.6 Å². The fraction of sp³-hybridized carbons (Fsp3) is 0.423. The van der Waals surface area contributed by atoms with Crippen LogP contribution in [-0.4, -0.2) is 39.9 Å². The number of hydrogen-bond donors (Lipinski definition) is 1. The van der Waals surface area contributed by atoms with E-state index in [4.69, 9.17) is 0 Å². The van der Waals surface area contributed by atoms with E-state index in [0.717, 1.165) is 41.9 Å². The van der Waals surface area contributed by atoms with Crippen molar-refractivity contribution in [1.29, 1.82) is 0 Å². The van der Waals surface area contributed by atoms with Gasteiger partial charge in [0.2, 0.25) is 5.91 Å². The van der Waals surface area contributed by atoms with E-state index in [0.29, 0.717) is 31.9 Å². The number of nitrogens with zero attached hydrogens (tertiary/aromatic N) is 4. The van der Waals surface area contributed by atoms with Crippen LogP contribution in [0.4, 0.5) is 5.69 Å². The van der Waals surface area contributed by atoms with E-state index < -0.39 is 5.92 Å². The Hall–Kier alpha value is -3.35. The van der Waals surface area contributed by atoms with Crippen LogP contribution in [-0.2, 0) is 17.9 Å². The lowest BCUT2D eigenvalue weighted by Crippen LogP contribution is -2.39.